The van der Waals surface area contributed by atoms with E-state index in [9.17, 15) is 22.0 Å². The van der Waals surface area contributed by atoms with E-state index in [1.807, 2.05) is 0 Å². The van der Waals surface area contributed by atoms with Gasteiger partial charge in [0.1, 0.15) is 23.1 Å². The maximum atomic E-state index is 14.1. The molecule has 0 saturated heterocycles. The number of rotatable bonds is 6. The number of benzene rings is 2. The molecule has 4 rings (SSSR count). The lowest BCUT2D eigenvalue weighted by atomic mass is 10.2. The summed E-state index contributed by atoms with van der Waals surface area (Å²) in [4.78, 5) is 12.2. The molecule has 31 heavy (non-hydrogen) atoms. The van der Waals surface area contributed by atoms with Crippen LogP contribution >= 0.6 is 0 Å². The largest absolute Gasteiger partial charge is 0.360 e. The molecule has 0 bridgehead atoms. The van der Waals surface area contributed by atoms with Crippen molar-refractivity contribution in [2.24, 2.45) is 0 Å². The first-order valence-electron chi connectivity index (χ1n) is 9.21. The number of hydrogen-bond acceptors (Lipinski definition) is 5. The minimum Gasteiger partial charge on any atom is -0.360 e. The van der Waals surface area contributed by atoms with Gasteiger partial charge in [-0.05, 0) is 19.1 Å². The summed E-state index contributed by atoms with van der Waals surface area (Å²) in [7, 11) is -4.03. The smallest absolute Gasteiger partial charge is 0.241 e. The number of para-hydroxylation sites is 1. The third-order valence-electron chi connectivity index (χ3n) is 4.66. The molecule has 1 N–H and O–H groups in total. The van der Waals surface area contributed by atoms with Gasteiger partial charge in [-0.15, -0.1) is 0 Å². The van der Waals surface area contributed by atoms with Crippen molar-refractivity contribution in [3.63, 3.8) is 0 Å². The van der Waals surface area contributed by atoms with Crippen LogP contribution in [0.15, 0.2) is 64.1 Å². The van der Waals surface area contributed by atoms with Crippen LogP contribution in [-0.4, -0.2) is 29.8 Å². The van der Waals surface area contributed by atoms with Crippen LogP contribution < -0.4 is 5.32 Å². The van der Waals surface area contributed by atoms with E-state index in [4.69, 9.17) is 4.52 Å². The molecule has 7 nitrogen and oxygen atoms in total. The number of nitrogens with zero attached hydrogens (tertiary/aromatic N) is 2. The highest BCUT2D eigenvalue weighted by Crippen LogP contribution is 2.27. The molecule has 2 heterocycles. The van der Waals surface area contributed by atoms with E-state index >= 15 is 0 Å². The predicted octanol–water partition coefficient (Wildman–Crippen LogP) is 3.68. The second-order valence-electron chi connectivity index (χ2n) is 7.00. The Labute approximate surface area is 176 Å². The van der Waals surface area contributed by atoms with Gasteiger partial charge in [-0.3, -0.25) is 4.79 Å². The van der Waals surface area contributed by atoms with Crippen LogP contribution in [0.2, 0.25) is 0 Å². The number of aromatic nitrogens is 2. The van der Waals surface area contributed by atoms with E-state index in [0.29, 0.717) is 16.7 Å². The maximum absolute atomic E-state index is 14.1. The normalized spacial score (nSPS) is 11.7. The molecule has 1 amide bonds. The molecule has 0 aliphatic carbocycles. The zero-order valence-electron chi connectivity index (χ0n) is 16.3. The van der Waals surface area contributed by atoms with Gasteiger partial charge in [0.05, 0.1) is 11.4 Å². The monoisotopic (exact) mass is 445 g/mol. The van der Waals surface area contributed by atoms with E-state index in [-0.39, 0.29) is 22.8 Å². The summed E-state index contributed by atoms with van der Waals surface area (Å²) in [5.74, 6) is -2.42. The van der Waals surface area contributed by atoms with E-state index < -0.39 is 33.1 Å². The Morgan fingerprint density at radius 2 is 1.94 bits per heavy atom. The van der Waals surface area contributed by atoms with Crippen LogP contribution in [0.25, 0.3) is 10.9 Å². The Hall–Kier alpha value is -3.53. The van der Waals surface area contributed by atoms with E-state index in [0.717, 1.165) is 12.1 Å². The Balaban J connectivity index is 1.66. The highest BCUT2D eigenvalue weighted by Gasteiger charge is 2.25. The Bertz CT molecular complexity index is 1390. The van der Waals surface area contributed by atoms with Gasteiger partial charge in [-0.2, -0.15) is 0 Å². The number of hydrogen-bond donors (Lipinski definition) is 1. The number of anilines is 1. The standard InChI is InChI=1S/C21H17F2N3O4S/c1-13-8-20(25-30-13)24-21(27)12-31(28,29)19-11-26(18-5-3-2-4-16(18)19)10-14-6-7-15(22)9-17(14)23/h2-9,11H,10,12H2,1H3,(H,24,25,27). The Morgan fingerprint density at radius 3 is 2.65 bits per heavy atom. The predicted molar refractivity (Wildman–Crippen MR) is 109 cm³/mol. The van der Waals surface area contributed by atoms with Gasteiger partial charge in [0.2, 0.25) is 5.91 Å². The molecular formula is C21H17F2N3O4S. The van der Waals surface area contributed by atoms with E-state index in [1.165, 1.54) is 18.3 Å². The van der Waals surface area contributed by atoms with E-state index in [1.54, 1.807) is 35.8 Å². The summed E-state index contributed by atoms with van der Waals surface area (Å²) in [6.45, 7) is 1.63. The number of halogens is 2. The fourth-order valence-corrected chi connectivity index (χ4v) is 4.65. The lowest BCUT2D eigenvalue weighted by molar-refractivity contribution is -0.113. The van der Waals surface area contributed by atoms with Crippen molar-refractivity contribution >= 4 is 32.5 Å². The number of nitrogens with one attached hydrogen (secondary N) is 1. The van der Waals surface area contributed by atoms with Gasteiger partial charge in [0, 0.05) is 34.8 Å². The summed E-state index contributed by atoms with van der Waals surface area (Å²) < 4.78 is 59.7. The fourth-order valence-electron chi connectivity index (χ4n) is 3.28. The number of carbonyl (C=O) groups is 1. The molecule has 0 fully saturated rings. The summed E-state index contributed by atoms with van der Waals surface area (Å²) in [6, 6.07) is 11.4. The average Bonchev–Trinajstić information content (AvgIpc) is 3.27. The lowest BCUT2D eigenvalue weighted by Crippen LogP contribution is -2.23. The van der Waals surface area contributed by atoms with Crippen molar-refractivity contribution in [1.82, 2.24) is 9.72 Å². The molecule has 4 aromatic rings. The summed E-state index contributed by atoms with van der Waals surface area (Å²) in [6.07, 6.45) is 1.36. The van der Waals surface area contributed by atoms with Crippen molar-refractivity contribution in [1.29, 1.82) is 0 Å². The molecule has 0 radical (unpaired) electrons. The first-order valence-corrected chi connectivity index (χ1v) is 10.9. The topological polar surface area (TPSA) is 94.2 Å². The van der Waals surface area contributed by atoms with Crippen LogP contribution in [0.5, 0.6) is 0 Å². The highest BCUT2D eigenvalue weighted by atomic mass is 32.2. The van der Waals surface area contributed by atoms with E-state index in [2.05, 4.69) is 10.5 Å². The number of sulfone groups is 1. The number of aryl methyl sites for hydroxylation is 1. The van der Waals surface area contributed by atoms with Crippen LogP contribution in [0, 0.1) is 18.6 Å². The molecule has 2 aromatic carbocycles. The van der Waals surface area contributed by atoms with Crippen molar-refractivity contribution in [2.75, 3.05) is 11.1 Å². The lowest BCUT2D eigenvalue weighted by Gasteiger charge is -2.07. The van der Waals surface area contributed by atoms with Crippen molar-refractivity contribution in [3.8, 4) is 0 Å². The molecule has 160 valence electrons. The van der Waals surface area contributed by atoms with Crippen LogP contribution in [0.4, 0.5) is 14.6 Å². The molecule has 10 heteroatoms. The molecule has 0 unspecified atom stereocenters. The number of carbonyl (C=O) groups excluding carboxylic acids is 1. The van der Waals surface area contributed by atoms with Gasteiger partial charge in [-0.1, -0.05) is 29.4 Å². The van der Waals surface area contributed by atoms with Crippen LogP contribution in [0.3, 0.4) is 0 Å². The van der Waals surface area contributed by atoms with Gasteiger partial charge in [0.25, 0.3) is 0 Å². The average molecular weight is 445 g/mol. The quantitative estimate of drug-likeness (QED) is 0.489. The summed E-state index contributed by atoms with van der Waals surface area (Å²) in [5, 5.41) is 6.39. The van der Waals surface area contributed by atoms with Crippen molar-refractivity contribution in [2.45, 2.75) is 18.4 Å². The molecule has 0 atom stereocenters. The third-order valence-corrected chi connectivity index (χ3v) is 6.30. The third kappa shape index (κ3) is 4.33. The second-order valence-corrected chi connectivity index (χ2v) is 8.96. The zero-order valence-corrected chi connectivity index (χ0v) is 17.1. The molecule has 2 aromatic heterocycles. The van der Waals surface area contributed by atoms with Crippen molar-refractivity contribution < 1.29 is 26.5 Å². The minimum absolute atomic E-state index is 0.00738. The van der Waals surface area contributed by atoms with Crippen molar-refractivity contribution in [3.05, 3.63) is 77.7 Å². The van der Waals surface area contributed by atoms with Crippen LogP contribution in [-0.2, 0) is 21.2 Å². The highest BCUT2D eigenvalue weighted by molar-refractivity contribution is 7.92. The molecule has 0 aliphatic rings. The van der Waals surface area contributed by atoms with Gasteiger partial charge >= 0.3 is 0 Å². The minimum atomic E-state index is -4.03. The molecule has 0 saturated carbocycles. The molecule has 0 spiro atoms. The fraction of sp³-hybridized carbons (Fsp3) is 0.143. The number of fused-ring (bicyclic) bond motifs is 1. The Morgan fingerprint density at radius 1 is 1.16 bits per heavy atom. The van der Waals surface area contributed by atoms with Gasteiger partial charge in [0.15, 0.2) is 15.7 Å². The SMILES string of the molecule is Cc1cc(NC(=O)CS(=O)(=O)c2cn(Cc3ccc(F)cc3F)c3ccccc23)no1. The maximum Gasteiger partial charge on any atom is 0.241 e. The Kier molecular flexibility index (Phi) is 5.32. The van der Waals surface area contributed by atoms with Gasteiger partial charge in [-0.25, -0.2) is 17.2 Å². The first kappa shape index (κ1) is 20.7. The molecule has 0 aliphatic heterocycles. The second kappa shape index (κ2) is 7.95. The summed E-state index contributed by atoms with van der Waals surface area (Å²) >= 11 is 0. The first-order chi connectivity index (χ1) is 14.7. The zero-order chi connectivity index (χ0) is 22.2. The number of amides is 1. The molecular weight excluding hydrogens is 428 g/mol. The van der Waals surface area contributed by atoms with Gasteiger partial charge < -0.3 is 14.4 Å². The van der Waals surface area contributed by atoms with Crippen LogP contribution in [0.1, 0.15) is 11.3 Å². The summed E-state index contributed by atoms with van der Waals surface area (Å²) in [5.41, 5.74) is 0.739.